The summed E-state index contributed by atoms with van der Waals surface area (Å²) in [7, 11) is 1.76. The zero-order valence-corrected chi connectivity index (χ0v) is 17.6. The molecule has 168 valence electrons. The number of imidazole rings is 1. The molecule has 4 rings (SSSR count). The molecule has 0 bridgehead atoms. The number of hydrogen-bond donors (Lipinski definition) is 3. The predicted molar refractivity (Wildman–Crippen MR) is 116 cm³/mol. The molecule has 1 aliphatic rings. The number of nitrogens with zero attached hydrogens (tertiary/aromatic N) is 4. The fraction of sp³-hybridized carbons (Fsp3) is 0.304. The van der Waals surface area contributed by atoms with E-state index in [4.69, 9.17) is 0 Å². The van der Waals surface area contributed by atoms with E-state index in [-0.39, 0.29) is 23.6 Å². The largest absolute Gasteiger partial charge is 0.508 e. The number of aromatic nitrogens is 2. The highest BCUT2D eigenvalue weighted by molar-refractivity contribution is 5.78. The van der Waals surface area contributed by atoms with Crippen LogP contribution in [-0.2, 0) is 6.54 Å². The first-order valence-corrected chi connectivity index (χ1v) is 10.3. The quantitative estimate of drug-likeness (QED) is 0.575. The lowest BCUT2D eigenvalue weighted by Gasteiger charge is -2.36. The zero-order valence-electron chi connectivity index (χ0n) is 17.6. The molecule has 32 heavy (non-hydrogen) atoms. The molecule has 1 fully saturated rings. The highest BCUT2D eigenvalue weighted by Gasteiger charge is 2.26. The van der Waals surface area contributed by atoms with Crippen molar-refractivity contribution in [1.29, 1.82) is 0 Å². The van der Waals surface area contributed by atoms with E-state index in [9.17, 15) is 24.5 Å². The summed E-state index contributed by atoms with van der Waals surface area (Å²) in [6, 6.07) is 8.39. The Balaban J connectivity index is 1.36. The van der Waals surface area contributed by atoms with Gasteiger partial charge in [0.25, 0.3) is 0 Å². The van der Waals surface area contributed by atoms with Crippen molar-refractivity contribution in [3.63, 3.8) is 0 Å². The fourth-order valence-corrected chi connectivity index (χ4v) is 4.05. The van der Waals surface area contributed by atoms with Crippen molar-refractivity contribution in [2.24, 2.45) is 0 Å². The summed E-state index contributed by atoms with van der Waals surface area (Å²) in [5, 5.41) is 28.6. The van der Waals surface area contributed by atoms with Crippen molar-refractivity contribution < 1.29 is 24.5 Å². The Morgan fingerprint density at radius 3 is 2.47 bits per heavy atom. The molecule has 0 unspecified atom stereocenters. The van der Waals surface area contributed by atoms with Crippen LogP contribution in [-0.4, -0.2) is 66.9 Å². The van der Waals surface area contributed by atoms with Gasteiger partial charge in [-0.2, -0.15) is 0 Å². The molecule has 3 aromatic rings. The molecule has 1 saturated heterocycles. The van der Waals surface area contributed by atoms with Crippen molar-refractivity contribution in [1.82, 2.24) is 19.4 Å². The Kier molecular flexibility index (Phi) is 6.00. The first kappa shape index (κ1) is 21.6. The van der Waals surface area contributed by atoms with Crippen LogP contribution in [0.1, 0.15) is 18.4 Å². The lowest BCUT2D eigenvalue weighted by molar-refractivity contribution is 0.131. The normalized spacial score (nSPS) is 15.1. The van der Waals surface area contributed by atoms with Crippen LogP contribution in [0.25, 0.3) is 11.3 Å². The summed E-state index contributed by atoms with van der Waals surface area (Å²) in [5.74, 6) is -1.10. The SMILES string of the molecule is CN(C(=O)n1cnc(-c2ccc(O)c(F)c2)c1)C1CCN(Cc2cc(O)cc(O)c2)CC1. The summed E-state index contributed by atoms with van der Waals surface area (Å²) in [6.07, 6.45) is 4.53. The second-order valence-corrected chi connectivity index (χ2v) is 8.09. The number of phenolic OH excluding ortho intramolecular Hbond substituents is 3. The number of benzene rings is 2. The number of rotatable bonds is 4. The number of carbonyl (C=O) groups excluding carboxylic acids is 1. The van der Waals surface area contributed by atoms with Gasteiger partial charge >= 0.3 is 6.03 Å². The summed E-state index contributed by atoms with van der Waals surface area (Å²) < 4.78 is 15.0. The number of phenols is 3. The number of aromatic hydroxyl groups is 3. The number of piperidine rings is 1. The van der Waals surface area contributed by atoms with Crippen LogP contribution in [0, 0.1) is 5.82 Å². The Bertz CT molecular complexity index is 1100. The molecular formula is C23H25FN4O4. The van der Waals surface area contributed by atoms with Crippen LogP contribution >= 0.6 is 0 Å². The summed E-state index contributed by atoms with van der Waals surface area (Å²) >= 11 is 0. The van der Waals surface area contributed by atoms with Gasteiger partial charge in [-0.05, 0) is 48.7 Å². The third kappa shape index (κ3) is 4.67. The third-order valence-electron chi connectivity index (χ3n) is 5.82. The Morgan fingerprint density at radius 2 is 1.81 bits per heavy atom. The minimum absolute atomic E-state index is 0.0370. The van der Waals surface area contributed by atoms with Crippen LogP contribution in [0.4, 0.5) is 9.18 Å². The van der Waals surface area contributed by atoms with Crippen LogP contribution in [0.15, 0.2) is 48.9 Å². The van der Waals surface area contributed by atoms with Crippen LogP contribution in [0.3, 0.4) is 0 Å². The number of hydrogen-bond acceptors (Lipinski definition) is 6. The van der Waals surface area contributed by atoms with Crippen molar-refractivity contribution in [3.8, 4) is 28.5 Å². The Hall–Kier alpha value is -3.59. The lowest BCUT2D eigenvalue weighted by Crippen LogP contribution is -2.46. The van der Waals surface area contributed by atoms with E-state index in [1.807, 2.05) is 0 Å². The average molecular weight is 440 g/mol. The van der Waals surface area contributed by atoms with Gasteiger partial charge in [0, 0.05) is 50.6 Å². The molecule has 2 heterocycles. The monoisotopic (exact) mass is 440 g/mol. The topological polar surface area (TPSA) is 102 Å². The molecule has 0 radical (unpaired) electrons. The molecule has 1 aliphatic heterocycles. The van der Waals surface area contributed by atoms with Gasteiger partial charge < -0.3 is 20.2 Å². The second-order valence-electron chi connectivity index (χ2n) is 8.09. The maximum absolute atomic E-state index is 13.6. The van der Waals surface area contributed by atoms with E-state index >= 15 is 0 Å². The molecule has 9 heteroatoms. The molecule has 2 aromatic carbocycles. The van der Waals surface area contributed by atoms with Gasteiger partial charge in [-0.1, -0.05) is 0 Å². The maximum Gasteiger partial charge on any atom is 0.329 e. The molecule has 1 aromatic heterocycles. The van der Waals surface area contributed by atoms with Gasteiger partial charge in [-0.3, -0.25) is 9.47 Å². The van der Waals surface area contributed by atoms with Crippen molar-refractivity contribution in [2.75, 3.05) is 20.1 Å². The smallest absolute Gasteiger partial charge is 0.329 e. The van der Waals surface area contributed by atoms with Gasteiger partial charge in [0.2, 0.25) is 0 Å². The zero-order chi connectivity index (χ0) is 22.8. The van der Waals surface area contributed by atoms with E-state index in [2.05, 4.69) is 9.88 Å². The molecule has 3 N–H and O–H groups in total. The fourth-order valence-electron chi connectivity index (χ4n) is 4.05. The van der Waals surface area contributed by atoms with Gasteiger partial charge in [-0.15, -0.1) is 0 Å². The van der Waals surface area contributed by atoms with Gasteiger partial charge in [-0.25, -0.2) is 14.2 Å². The molecule has 0 aliphatic carbocycles. The molecule has 8 nitrogen and oxygen atoms in total. The first-order valence-electron chi connectivity index (χ1n) is 10.3. The van der Waals surface area contributed by atoms with Gasteiger partial charge in [0.05, 0.1) is 5.69 Å². The number of amides is 1. The molecule has 0 saturated carbocycles. The van der Waals surface area contributed by atoms with Crippen LogP contribution in [0.5, 0.6) is 17.2 Å². The van der Waals surface area contributed by atoms with E-state index in [0.717, 1.165) is 31.5 Å². The Morgan fingerprint density at radius 1 is 1.12 bits per heavy atom. The lowest BCUT2D eigenvalue weighted by atomic mass is 10.0. The molecule has 0 atom stereocenters. The summed E-state index contributed by atoms with van der Waals surface area (Å²) in [4.78, 5) is 21.0. The standard InChI is InChI=1S/C23H25FN4O4/c1-26(17-4-6-27(7-5-17)12-15-8-18(29)11-19(30)9-15)23(32)28-13-21(25-14-28)16-2-3-22(31)20(24)10-16/h2-3,8-11,13-14,17,29-31H,4-7,12H2,1H3. The highest BCUT2D eigenvalue weighted by Crippen LogP contribution is 2.25. The minimum atomic E-state index is -0.742. The minimum Gasteiger partial charge on any atom is -0.508 e. The van der Waals surface area contributed by atoms with Gasteiger partial charge in [0.15, 0.2) is 11.6 Å². The average Bonchev–Trinajstić information content (AvgIpc) is 3.25. The second kappa shape index (κ2) is 8.88. The van der Waals surface area contributed by atoms with Crippen molar-refractivity contribution >= 4 is 6.03 Å². The van der Waals surface area contributed by atoms with Crippen LogP contribution < -0.4 is 0 Å². The van der Waals surface area contributed by atoms with Crippen LogP contribution in [0.2, 0.25) is 0 Å². The molecular weight excluding hydrogens is 415 g/mol. The van der Waals surface area contributed by atoms with E-state index in [0.29, 0.717) is 17.8 Å². The van der Waals surface area contributed by atoms with Crippen molar-refractivity contribution in [2.45, 2.75) is 25.4 Å². The number of likely N-dealkylation sites (tertiary alicyclic amines) is 1. The predicted octanol–water partition coefficient (Wildman–Crippen LogP) is 3.37. The summed E-state index contributed by atoms with van der Waals surface area (Å²) in [5.41, 5.74) is 1.75. The van der Waals surface area contributed by atoms with E-state index in [1.54, 1.807) is 36.3 Å². The summed E-state index contributed by atoms with van der Waals surface area (Å²) in [6.45, 7) is 2.17. The third-order valence-corrected chi connectivity index (χ3v) is 5.82. The highest BCUT2D eigenvalue weighted by atomic mass is 19.1. The first-order chi connectivity index (χ1) is 15.3. The van der Waals surface area contributed by atoms with E-state index in [1.165, 1.54) is 29.1 Å². The maximum atomic E-state index is 13.6. The molecule has 1 amide bonds. The number of carbonyl (C=O) groups is 1. The number of halogens is 1. The van der Waals surface area contributed by atoms with Crippen molar-refractivity contribution in [3.05, 3.63) is 60.3 Å². The van der Waals surface area contributed by atoms with E-state index < -0.39 is 11.6 Å². The Labute approximate surface area is 184 Å². The van der Waals surface area contributed by atoms with Gasteiger partial charge in [0.1, 0.15) is 17.8 Å². The molecule has 0 spiro atoms.